The Morgan fingerprint density at radius 2 is 1.88 bits per heavy atom. The number of esters is 1. The monoisotopic (exact) mass is 467 g/mol. The maximum atomic E-state index is 12.5. The summed E-state index contributed by atoms with van der Waals surface area (Å²) in [6, 6.07) is 20.1. The van der Waals surface area contributed by atoms with Crippen molar-refractivity contribution in [2.75, 3.05) is 12.1 Å². The molecule has 1 aromatic heterocycles. The molecule has 4 aromatic rings. The van der Waals surface area contributed by atoms with Gasteiger partial charge in [0.05, 0.1) is 22.5 Å². The van der Waals surface area contributed by atoms with Crippen molar-refractivity contribution in [3.8, 4) is 0 Å². The number of carbonyl (C=O) groups is 2. The summed E-state index contributed by atoms with van der Waals surface area (Å²) in [5, 5.41) is 12.0. The molecule has 0 saturated heterocycles. The average molecular weight is 468 g/mol. The highest BCUT2D eigenvalue weighted by Gasteiger charge is 2.12. The molecule has 0 unspecified atom stereocenters. The number of H-pyrrole nitrogens is 1. The Bertz CT molecular complexity index is 1240. The fraction of sp³-hybridized carbons (Fsp3) is 0.0870. The predicted octanol–water partition coefficient (Wildman–Crippen LogP) is 4.66. The number of hydrogen-bond donors (Lipinski definition) is 3. The third-order valence-corrected chi connectivity index (χ3v) is 6.02. The van der Waals surface area contributed by atoms with E-state index >= 15 is 0 Å². The van der Waals surface area contributed by atoms with Crippen LogP contribution in [0.15, 0.2) is 76.5 Å². The number of nitrogens with zero attached hydrogens (tertiary/aromatic N) is 1. The molecule has 7 nitrogen and oxygen atoms in total. The van der Waals surface area contributed by atoms with Crippen LogP contribution in [0.5, 0.6) is 0 Å². The third kappa shape index (κ3) is 5.28. The number of nitrogens with one attached hydrogen (secondary N) is 2. The molecule has 0 fully saturated rings. The second kappa shape index (κ2) is 9.86. The lowest BCUT2D eigenvalue weighted by molar-refractivity contribution is -0.150. The van der Waals surface area contributed by atoms with Crippen LogP contribution in [-0.4, -0.2) is 33.7 Å². The molecule has 3 aromatic carbocycles. The van der Waals surface area contributed by atoms with Gasteiger partial charge in [0.1, 0.15) is 0 Å². The van der Waals surface area contributed by atoms with Gasteiger partial charge in [-0.2, -0.15) is 0 Å². The topological polar surface area (TPSA) is 104 Å². The highest BCUT2D eigenvalue weighted by atomic mass is 35.5. The van der Waals surface area contributed by atoms with Gasteiger partial charge in [-0.1, -0.05) is 41.6 Å². The Hall–Kier alpha value is -3.33. The standard InChI is InChI=1S/C23H18ClN3O4S/c24-17-11-14(12-21(29)31-13-28)5-10-20(17)32-16-8-6-15(7-9-16)25-23(30)22-26-18-3-1-2-4-19(18)27-22/h1-11,28H,12-13H2,(H,25,30)(H,26,27). The highest BCUT2D eigenvalue weighted by molar-refractivity contribution is 7.99. The van der Waals surface area contributed by atoms with Gasteiger partial charge in [0.25, 0.3) is 5.91 Å². The van der Waals surface area contributed by atoms with Crippen molar-refractivity contribution in [3.05, 3.63) is 83.1 Å². The molecule has 0 spiro atoms. The highest BCUT2D eigenvalue weighted by Crippen LogP contribution is 2.34. The maximum Gasteiger partial charge on any atom is 0.312 e. The van der Waals surface area contributed by atoms with E-state index in [1.54, 1.807) is 24.3 Å². The van der Waals surface area contributed by atoms with Crippen molar-refractivity contribution in [2.24, 2.45) is 0 Å². The summed E-state index contributed by atoms with van der Waals surface area (Å²) in [7, 11) is 0. The predicted molar refractivity (Wildman–Crippen MR) is 123 cm³/mol. The van der Waals surface area contributed by atoms with Gasteiger partial charge >= 0.3 is 5.97 Å². The minimum Gasteiger partial charge on any atom is -0.438 e. The molecule has 0 aliphatic carbocycles. The number of ether oxygens (including phenoxy) is 1. The molecule has 0 atom stereocenters. The fourth-order valence-electron chi connectivity index (χ4n) is 3.01. The molecule has 0 radical (unpaired) electrons. The minimum atomic E-state index is -0.644. The number of carbonyl (C=O) groups excluding carboxylic acids is 2. The Morgan fingerprint density at radius 3 is 2.59 bits per heavy atom. The van der Waals surface area contributed by atoms with E-state index in [0.717, 1.165) is 20.8 Å². The van der Waals surface area contributed by atoms with Gasteiger partial charge in [-0.25, -0.2) is 4.98 Å². The van der Waals surface area contributed by atoms with Crippen LogP contribution in [0.3, 0.4) is 0 Å². The number of amides is 1. The number of fused-ring (bicyclic) bond motifs is 1. The average Bonchev–Trinajstić information content (AvgIpc) is 3.22. The van der Waals surface area contributed by atoms with Crippen LogP contribution in [0.4, 0.5) is 5.69 Å². The van der Waals surface area contributed by atoms with Crippen molar-refractivity contribution in [1.82, 2.24) is 9.97 Å². The van der Waals surface area contributed by atoms with Crippen molar-refractivity contribution in [2.45, 2.75) is 16.2 Å². The van der Waals surface area contributed by atoms with Crippen LogP contribution in [0.2, 0.25) is 5.02 Å². The first kappa shape index (κ1) is 21.9. The summed E-state index contributed by atoms with van der Waals surface area (Å²) in [5.74, 6) is -0.594. The van der Waals surface area contributed by atoms with Gasteiger partial charge in [0.15, 0.2) is 12.6 Å². The van der Waals surface area contributed by atoms with Crippen LogP contribution in [-0.2, 0) is 16.0 Å². The summed E-state index contributed by atoms with van der Waals surface area (Å²) in [4.78, 5) is 33.0. The van der Waals surface area contributed by atoms with Crippen LogP contribution in [0.25, 0.3) is 11.0 Å². The Kier molecular flexibility index (Phi) is 6.75. The Balaban J connectivity index is 1.39. The van der Waals surface area contributed by atoms with E-state index in [2.05, 4.69) is 20.0 Å². The van der Waals surface area contributed by atoms with Gasteiger partial charge in [0.2, 0.25) is 0 Å². The number of hydrogen-bond acceptors (Lipinski definition) is 6. The van der Waals surface area contributed by atoms with E-state index in [9.17, 15) is 9.59 Å². The van der Waals surface area contributed by atoms with Gasteiger partial charge in [-0.3, -0.25) is 9.59 Å². The quantitative estimate of drug-likeness (QED) is 0.270. The number of rotatable bonds is 7. The van der Waals surface area contributed by atoms with E-state index in [1.807, 2.05) is 42.5 Å². The van der Waals surface area contributed by atoms with E-state index < -0.39 is 12.8 Å². The zero-order valence-corrected chi connectivity index (χ0v) is 18.2. The lowest BCUT2D eigenvalue weighted by atomic mass is 10.1. The number of anilines is 1. The molecule has 162 valence electrons. The fourth-order valence-corrected chi connectivity index (χ4v) is 4.15. The van der Waals surface area contributed by atoms with E-state index in [1.165, 1.54) is 11.8 Å². The van der Waals surface area contributed by atoms with Crippen molar-refractivity contribution < 1.29 is 19.4 Å². The van der Waals surface area contributed by atoms with E-state index in [4.69, 9.17) is 16.7 Å². The van der Waals surface area contributed by atoms with Crippen LogP contribution < -0.4 is 5.32 Å². The molecule has 0 aliphatic heterocycles. The van der Waals surface area contributed by atoms with Gasteiger partial charge in [0, 0.05) is 15.5 Å². The van der Waals surface area contributed by atoms with Crippen molar-refractivity contribution >= 4 is 52.0 Å². The lowest BCUT2D eigenvalue weighted by Gasteiger charge is -2.08. The number of aromatic amines is 1. The normalized spacial score (nSPS) is 10.8. The van der Waals surface area contributed by atoms with Crippen LogP contribution in [0, 0.1) is 0 Å². The molecule has 1 heterocycles. The number of aromatic nitrogens is 2. The Morgan fingerprint density at radius 1 is 1.09 bits per heavy atom. The summed E-state index contributed by atoms with van der Waals surface area (Å²) >= 11 is 7.81. The number of aliphatic hydroxyl groups is 1. The second-order valence-electron chi connectivity index (χ2n) is 6.77. The zero-order valence-electron chi connectivity index (χ0n) is 16.7. The lowest BCUT2D eigenvalue weighted by Crippen LogP contribution is -2.13. The van der Waals surface area contributed by atoms with Crippen molar-refractivity contribution in [3.63, 3.8) is 0 Å². The van der Waals surface area contributed by atoms with Gasteiger partial charge < -0.3 is 20.1 Å². The van der Waals surface area contributed by atoms with Crippen LogP contribution >= 0.6 is 23.4 Å². The minimum absolute atomic E-state index is 0.0326. The molecule has 1 amide bonds. The molecule has 0 bridgehead atoms. The van der Waals surface area contributed by atoms with E-state index in [0.29, 0.717) is 16.3 Å². The summed E-state index contributed by atoms with van der Waals surface area (Å²) in [6.45, 7) is -0.644. The Labute approximate surface area is 192 Å². The van der Waals surface area contributed by atoms with E-state index in [-0.39, 0.29) is 18.2 Å². The number of benzene rings is 3. The van der Waals surface area contributed by atoms with Crippen LogP contribution in [0.1, 0.15) is 16.2 Å². The maximum absolute atomic E-state index is 12.5. The molecule has 3 N–H and O–H groups in total. The smallest absolute Gasteiger partial charge is 0.312 e. The molecule has 0 saturated carbocycles. The second-order valence-corrected chi connectivity index (χ2v) is 8.29. The largest absolute Gasteiger partial charge is 0.438 e. The number of halogens is 1. The summed E-state index contributed by atoms with van der Waals surface area (Å²) in [6.07, 6.45) is 0.0326. The van der Waals surface area contributed by atoms with Crippen molar-refractivity contribution in [1.29, 1.82) is 0 Å². The molecular weight excluding hydrogens is 450 g/mol. The summed E-state index contributed by atoms with van der Waals surface area (Å²) in [5.41, 5.74) is 2.88. The first-order valence-electron chi connectivity index (χ1n) is 9.61. The molecule has 0 aliphatic rings. The molecule has 32 heavy (non-hydrogen) atoms. The molecule has 9 heteroatoms. The number of para-hydroxylation sites is 2. The van der Waals surface area contributed by atoms with Gasteiger partial charge in [-0.15, -0.1) is 0 Å². The third-order valence-electron chi connectivity index (χ3n) is 4.51. The zero-order chi connectivity index (χ0) is 22.5. The molecule has 4 rings (SSSR count). The molecular formula is C23H18ClN3O4S. The first-order chi connectivity index (χ1) is 15.5. The summed E-state index contributed by atoms with van der Waals surface area (Å²) < 4.78 is 4.53. The SMILES string of the molecule is O=C(Cc1ccc(Sc2ccc(NC(=O)c3nc4ccccc4[nH]3)cc2)c(Cl)c1)OCO. The van der Waals surface area contributed by atoms with Gasteiger partial charge in [-0.05, 0) is 54.1 Å². The number of imidazole rings is 1. The number of aliphatic hydroxyl groups excluding tert-OH is 1. The first-order valence-corrected chi connectivity index (χ1v) is 10.8.